The van der Waals surface area contributed by atoms with Crippen molar-refractivity contribution in [3.05, 3.63) is 0 Å². The minimum Gasteiger partial charge on any atom is -0.325 e. The minimum absolute atomic E-state index is 0.209. The van der Waals surface area contributed by atoms with Gasteiger partial charge in [-0.05, 0) is 33.2 Å². The maximum Gasteiger partial charge on any atom is 0.320 e. The van der Waals surface area contributed by atoms with Crippen LogP contribution in [0.2, 0.25) is 0 Å². The lowest BCUT2D eigenvalue weighted by Crippen LogP contribution is -2.49. The van der Waals surface area contributed by atoms with Crippen LogP contribution >= 0.6 is 0 Å². The van der Waals surface area contributed by atoms with E-state index in [1.165, 1.54) is 0 Å². The molecule has 0 aromatic rings. The van der Waals surface area contributed by atoms with Gasteiger partial charge in [0.1, 0.15) is 0 Å². The van der Waals surface area contributed by atoms with E-state index in [9.17, 15) is 4.79 Å². The molecule has 0 radical (unpaired) electrons. The normalized spacial score (nSPS) is 19.8. The number of hydrogen-bond donors (Lipinski definition) is 1. The standard InChI is InChI=1S/C12H25N3O/c1-4-9-15(11-7-8-13-10-11)12(16)14(5-2)6-3/h11,13H,4-10H2,1-3H3. The fourth-order valence-corrected chi connectivity index (χ4v) is 2.26. The summed E-state index contributed by atoms with van der Waals surface area (Å²) in [6.07, 6.45) is 2.12. The van der Waals surface area contributed by atoms with Crippen molar-refractivity contribution < 1.29 is 4.79 Å². The summed E-state index contributed by atoms with van der Waals surface area (Å²) in [5, 5.41) is 3.33. The van der Waals surface area contributed by atoms with E-state index in [4.69, 9.17) is 0 Å². The molecule has 2 amide bonds. The van der Waals surface area contributed by atoms with Crippen LogP contribution in [0.1, 0.15) is 33.6 Å². The Labute approximate surface area is 99.0 Å². The van der Waals surface area contributed by atoms with Crippen LogP contribution in [0.5, 0.6) is 0 Å². The molecular formula is C12H25N3O. The summed E-state index contributed by atoms with van der Waals surface area (Å²) >= 11 is 0. The Morgan fingerprint density at radius 1 is 1.31 bits per heavy atom. The average molecular weight is 227 g/mol. The molecule has 94 valence electrons. The molecule has 16 heavy (non-hydrogen) atoms. The van der Waals surface area contributed by atoms with Crippen LogP contribution in [0.3, 0.4) is 0 Å². The third-order valence-electron chi connectivity index (χ3n) is 3.22. The van der Waals surface area contributed by atoms with Crippen molar-refractivity contribution in [1.29, 1.82) is 0 Å². The topological polar surface area (TPSA) is 35.6 Å². The van der Waals surface area contributed by atoms with Gasteiger partial charge in [0, 0.05) is 32.2 Å². The van der Waals surface area contributed by atoms with Crippen LogP contribution in [0.15, 0.2) is 0 Å². The number of urea groups is 1. The molecule has 1 fully saturated rings. The molecule has 1 N–H and O–H groups in total. The molecule has 1 saturated heterocycles. The summed E-state index contributed by atoms with van der Waals surface area (Å²) in [6.45, 7) is 10.7. The van der Waals surface area contributed by atoms with Gasteiger partial charge >= 0.3 is 6.03 Å². The van der Waals surface area contributed by atoms with Crippen molar-refractivity contribution in [2.45, 2.75) is 39.7 Å². The van der Waals surface area contributed by atoms with Crippen molar-refractivity contribution in [1.82, 2.24) is 15.1 Å². The second-order valence-electron chi connectivity index (χ2n) is 4.29. The molecule has 0 aromatic heterocycles. The summed E-state index contributed by atoms with van der Waals surface area (Å²) < 4.78 is 0. The molecule has 1 aliphatic heterocycles. The summed E-state index contributed by atoms with van der Waals surface area (Å²) in [7, 11) is 0. The quantitative estimate of drug-likeness (QED) is 0.773. The van der Waals surface area contributed by atoms with Gasteiger partial charge in [-0.2, -0.15) is 0 Å². The summed E-state index contributed by atoms with van der Waals surface area (Å²) in [5.74, 6) is 0. The first-order chi connectivity index (χ1) is 7.74. The van der Waals surface area contributed by atoms with Crippen molar-refractivity contribution in [2.75, 3.05) is 32.7 Å². The van der Waals surface area contributed by atoms with Gasteiger partial charge in [-0.3, -0.25) is 0 Å². The van der Waals surface area contributed by atoms with E-state index >= 15 is 0 Å². The van der Waals surface area contributed by atoms with Gasteiger partial charge in [-0.25, -0.2) is 4.79 Å². The first-order valence-electron chi connectivity index (χ1n) is 6.50. The van der Waals surface area contributed by atoms with Gasteiger partial charge in [0.05, 0.1) is 0 Å². The molecule has 0 spiro atoms. The second kappa shape index (κ2) is 6.74. The second-order valence-corrected chi connectivity index (χ2v) is 4.29. The molecule has 0 saturated carbocycles. The molecule has 1 aliphatic rings. The van der Waals surface area contributed by atoms with Gasteiger partial charge < -0.3 is 15.1 Å². The number of rotatable bonds is 5. The number of carbonyl (C=O) groups is 1. The SMILES string of the molecule is CCCN(C(=O)N(CC)CC)C1CCNC1. The molecule has 1 rings (SSSR count). The lowest BCUT2D eigenvalue weighted by molar-refractivity contribution is 0.140. The molecular weight excluding hydrogens is 202 g/mol. The Kier molecular flexibility index (Phi) is 5.60. The Morgan fingerprint density at radius 2 is 2.00 bits per heavy atom. The van der Waals surface area contributed by atoms with E-state index in [-0.39, 0.29) is 6.03 Å². The van der Waals surface area contributed by atoms with Gasteiger partial charge in [0.2, 0.25) is 0 Å². The van der Waals surface area contributed by atoms with Crippen molar-refractivity contribution >= 4 is 6.03 Å². The molecule has 1 heterocycles. The molecule has 1 unspecified atom stereocenters. The van der Waals surface area contributed by atoms with Crippen LogP contribution in [0.25, 0.3) is 0 Å². The fraction of sp³-hybridized carbons (Fsp3) is 0.917. The van der Waals surface area contributed by atoms with Crippen LogP contribution < -0.4 is 5.32 Å². The largest absolute Gasteiger partial charge is 0.325 e. The molecule has 0 bridgehead atoms. The third-order valence-corrected chi connectivity index (χ3v) is 3.22. The minimum atomic E-state index is 0.209. The Bertz CT molecular complexity index is 210. The van der Waals surface area contributed by atoms with Crippen LogP contribution in [0.4, 0.5) is 4.79 Å². The van der Waals surface area contributed by atoms with E-state index in [0.717, 1.165) is 45.6 Å². The Hall–Kier alpha value is -0.770. The van der Waals surface area contributed by atoms with Crippen LogP contribution in [-0.4, -0.2) is 54.6 Å². The van der Waals surface area contributed by atoms with Crippen LogP contribution in [-0.2, 0) is 0 Å². The van der Waals surface area contributed by atoms with E-state index in [0.29, 0.717) is 6.04 Å². The molecule has 4 heteroatoms. The zero-order valence-corrected chi connectivity index (χ0v) is 10.8. The summed E-state index contributed by atoms with van der Waals surface area (Å²) in [6, 6.07) is 0.605. The molecule has 0 aromatic carbocycles. The van der Waals surface area contributed by atoms with Gasteiger partial charge in [-0.1, -0.05) is 6.92 Å². The highest BCUT2D eigenvalue weighted by molar-refractivity contribution is 5.74. The maximum absolute atomic E-state index is 12.3. The van der Waals surface area contributed by atoms with Crippen molar-refractivity contribution in [3.63, 3.8) is 0 Å². The lowest BCUT2D eigenvalue weighted by atomic mass is 10.2. The van der Waals surface area contributed by atoms with Gasteiger partial charge in [0.15, 0.2) is 0 Å². The highest BCUT2D eigenvalue weighted by Crippen LogP contribution is 2.12. The first kappa shape index (κ1) is 13.3. The lowest BCUT2D eigenvalue weighted by Gasteiger charge is -2.33. The average Bonchev–Trinajstić information content (AvgIpc) is 2.80. The number of amides is 2. The highest BCUT2D eigenvalue weighted by Gasteiger charge is 2.27. The number of nitrogens with one attached hydrogen (secondary N) is 1. The zero-order valence-electron chi connectivity index (χ0n) is 10.8. The van der Waals surface area contributed by atoms with Gasteiger partial charge in [0.25, 0.3) is 0 Å². The summed E-state index contributed by atoms with van der Waals surface area (Å²) in [4.78, 5) is 16.3. The first-order valence-corrected chi connectivity index (χ1v) is 6.50. The number of carbonyl (C=O) groups excluding carboxylic acids is 1. The van der Waals surface area contributed by atoms with Crippen LogP contribution in [0, 0.1) is 0 Å². The Morgan fingerprint density at radius 3 is 2.44 bits per heavy atom. The van der Waals surface area contributed by atoms with E-state index in [1.54, 1.807) is 0 Å². The predicted molar refractivity (Wildman–Crippen MR) is 66.6 cm³/mol. The molecule has 4 nitrogen and oxygen atoms in total. The molecule has 0 aliphatic carbocycles. The predicted octanol–water partition coefficient (Wildman–Crippen LogP) is 1.52. The monoisotopic (exact) mass is 227 g/mol. The van der Waals surface area contributed by atoms with Gasteiger partial charge in [-0.15, -0.1) is 0 Å². The smallest absolute Gasteiger partial charge is 0.320 e. The maximum atomic E-state index is 12.3. The van der Waals surface area contributed by atoms with Crippen molar-refractivity contribution in [3.8, 4) is 0 Å². The number of hydrogen-bond acceptors (Lipinski definition) is 2. The zero-order chi connectivity index (χ0) is 12.0. The van der Waals surface area contributed by atoms with E-state index in [1.807, 2.05) is 23.6 Å². The Balaban J connectivity index is 2.63. The van der Waals surface area contributed by atoms with E-state index in [2.05, 4.69) is 12.2 Å². The highest BCUT2D eigenvalue weighted by atomic mass is 16.2. The third kappa shape index (κ3) is 3.11. The van der Waals surface area contributed by atoms with E-state index < -0.39 is 0 Å². The molecule has 1 atom stereocenters. The fourth-order valence-electron chi connectivity index (χ4n) is 2.26. The van der Waals surface area contributed by atoms with Crippen molar-refractivity contribution in [2.24, 2.45) is 0 Å². The number of nitrogens with zero attached hydrogens (tertiary/aromatic N) is 2. The summed E-state index contributed by atoms with van der Waals surface area (Å²) in [5.41, 5.74) is 0.